The van der Waals surface area contributed by atoms with Crippen LogP contribution in [0.25, 0.3) is 10.9 Å². The summed E-state index contributed by atoms with van der Waals surface area (Å²) in [4.78, 5) is 20.4. The van der Waals surface area contributed by atoms with Gasteiger partial charge in [-0.25, -0.2) is 4.99 Å². The van der Waals surface area contributed by atoms with Gasteiger partial charge in [-0.1, -0.05) is 25.1 Å². The zero-order valence-corrected chi connectivity index (χ0v) is 19.5. The van der Waals surface area contributed by atoms with Crippen molar-refractivity contribution < 1.29 is 4.79 Å². The van der Waals surface area contributed by atoms with Gasteiger partial charge in [0.1, 0.15) is 6.54 Å². The number of guanidine groups is 1. The second kappa shape index (κ2) is 10.1. The molecule has 154 valence electrons. The highest BCUT2D eigenvalue weighted by Crippen LogP contribution is 2.25. The van der Waals surface area contributed by atoms with Gasteiger partial charge in [0.15, 0.2) is 5.96 Å². The Morgan fingerprint density at radius 3 is 2.86 bits per heavy atom. The summed E-state index contributed by atoms with van der Waals surface area (Å²) in [6.07, 6.45) is 3.94. The average molecular weight is 498 g/mol. The molecule has 0 aliphatic carbocycles. The fourth-order valence-electron chi connectivity index (χ4n) is 3.26. The van der Waals surface area contributed by atoms with Crippen LogP contribution in [0.3, 0.4) is 0 Å². The van der Waals surface area contributed by atoms with Gasteiger partial charge in [-0.05, 0) is 25.8 Å². The van der Waals surface area contributed by atoms with E-state index in [2.05, 4.69) is 57.0 Å². The number of aromatic nitrogens is 2. The van der Waals surface area contributed by atoms with Gasteiger partial charge in [0.25, 0.3) is 0 Å². The fraction of sp³-hybridized carbons (Fsp3) is 0.550. The van der Waals surface area contributed by atoms with Gasteiger partial charge >= 0.3 is 0 Å². The Morgan fingerprint density at radius 2 is 2.14 bits per heavy atom. The third kappa shape index (κ3) is 5.15. The van der Waals surface area contributed by atoms with Gasteiger partial charge < -0.3 is 15.1 Å². The number of likely N-dealkylation sites (tertiary alicyclic amines) is 1. The first-order valence-electron chi connectivity index (χ1n) is 9.68. The van der Waals surface area contributed by atoms with Crippen LogP contribution in [0.5, 0.6) is 0 Å². The second-order valence-corrected chi connectivity index (χ2v) is 7.42. The molecule has 8 heteroatoms. The van der Waals surface area contributed by atoms with Crippen LogP contribution >= 0.6 is 24.0 Å². The largest absolute Gasteiger partial charge is 0.354 e. The molecule has 1 amide bonds. The van der Waals surface area contributed by atoms with E-state index >= 15 is 0 Å². The smallest absolute Gasteiger partial charge is 0.243 e. The number of aliphatic imine (C=N–C) groups is 1. The first-order chi connectivity index (χ1) is 13.0. The highest BCUT2D eigenvalue weighted by Gasteiger charge is 2.28. The van der Waals surface area contributed by atoms with Crippen molar-refractivity contribution >= 4 is 46.7 Å². The summed E-state index contributed by atoms with van der Waals surface area (Å²) < 4.78 is 2.13. The zero-order valence-electron chi connectivity index (χ0n) is 17.1. The molecule has 1 aliphatic rings. The number of hydrogen-bond donors (Lipinski definition) is 1. The molecule has 2 heterocycles. The van der Waals surface area contributed by atoms with E-state index in [-0.39, 0.29) is 36.4 Å². The Kier molecular flexibility index (Phi) is 8.09. The van der Waals surface area contributed by atoms with Crippen LogP contribution in [0.2, 0.25) is 0 Å². The van der Waals surface area contributed by atoms with Crippen molar-refractivity contribution in [1.29, 1.82) is 0 Å². The van der Waals surface area contributed by atoms with Gasteiger partial charge in [0.05, 0.1) is 17.8 Å². The molecule has 2 atom stereocenters. The van der Waals surface area contributed by atoms with Crippen molar-refractivity contribution in [3.05, 3.63) is 30.5 Å². The van der Waals surface area contributed by atoms with Crippen molar-refractivity contribution in [2.75, 3.05) is 33.7 Å². The maximum atomic E-state index is 12.0. The Labute approximate surface area is 184 Å². The summed E-state index contributed by atoms with van der Waals surface area (Å²) in [7, 11) is 3.52. The molecule has 2 aromatic rings. The number of fused-ring (bicyclic) bond motifs is 1. The molecule has 1 aromatic heterocycles. The lowest BCUT2D eigenvalue weighted by Gasteiger charge is -2.25. The van der Waals surface area contributed by atoms with Crippen LogP contribution in [-0.2, 0) is 4.79 Å². The molecule has 1 aromatic carbocycles. The van der Waals surface area contributed by atoms with Crippen LogP contribution in [0.4, 0.5) is 0 Å². The van der Waals surface area contributed by atoms with E-state index in [1.54, 1.807) is 19.0 Å². The number of halogens is 1. The number of nitrogens with one attached hydrogen (secondary N) is 1. The first-order valence-corrected chi connectivity index (χ1v) is 9.68. The number of hydrogen-bond acceptors (Lipinski definition) is 3. The predicted octanol–water partition coefficient (Wildman–Crippen LogP) is 2.73. The predicted molar refractivity (Wildman–Crippen MR) is 124 cm³/mol. The van der Waals surface area contributed by atoms with Crippen LogP contribution in [0.15, 0.2) is 35.5 Å². The Hall–Kier alpha value is -1.84. The van der Waals surface area contributed by atoms with Crippen molar-refractivity contribution in [2.24, 2.45) is 4.99 Å². The first kappa shape index (κ1) is 22.4. The number of rotatable bonds is 5. The fourth-order valence-corrected chi connectivity index (χ4v) is 3.26. The maximum Gasteiger partial charge on any atom is 0.243 e. The van der Waals surface area contributed by atoms with Crippen molar-refractivity contribution in [2.45, 2.75) is 38.8 Å². The van der Waals surface area contributed by atoms with Crippen LogP contribution < -0.4 is 5.32 Å². The molecule has 28 heavy (non-hydrogen) atoms. The topological polar surface area (TPSA) is 65.8 Å². The molecule has 0 spiro atoms. The molecule has 0 saturated carbocycles. The molecule has 1 aliphatic heterocycles. The molecule has 2 unspecified atom stereocenters. The second-order valence-electron chi connectivity index (χ2n) is 7.42. The van der Waals surface area contributed by atoms with E-state index < -0.39 is 0 Å². The van der Waals surface area contributed by atoms with Crippen molar-refractivity contribution in [3.8, 4) is 0 Å². The minimum Gasteiger partial charge on any atom is -0.354 e. The van der Waals surface area contributed by atoms with Gasteiger partial charge in [-0.3, -0.25) is 9.48 Å². The molecular weight excluding hydrogens is 467 g/mol. The summed E-state index contributed by atoms with van der Waals surface area (Å²) in [6, 6.07) is 8.92. The molecule has 0 bridgehead atoms. The molecule has 1 fully saturated rings. The highest BCUT2D eigenvalue weighted by molar-refractivity contribution is 14.0. The van der Waals surface area contributed by atoms with E-state index in [0.29, 0.717) is 12.1 Å². The summed E-state index contributed by atoms with van der Waals surface area (Å²) in [5.41, 5.74) is 1.17. The minimum atomic E-state index is 0. The Morgan fingerprint density at radius 1 is 1.39 bits per heavy atom. The van der Waals surface area contributed by atoms with E-state index in [4.69, 9.17) is 0 Å². The Balaban J connectivity index is 0.00000280. The van der Waals surface area contributed by atoms with Crippen molar-refractivity contribution in [1.82, 2.24) is 24.9 Å². The number of carbonyl (C=O) groups excluding carboxylic acids is 1. The summed E-state index contributed by atoms with van der Waals surface area (Å²) in [6.45, 7) is 6.18. The summed E-state index contributed by atoms with van der Waals surface area (Å²) in [5, 5.41) is 9.26. The van der Waals surface area contributed by atoms with Crippen molar-refractivity contribution in [3.63, 3.8) is 0 Å². The van der Waals surface area contributed by atoms with Gasteiger partial charge in [-0.2, -0.15) is 5.10 Å². The number of likely N-dealkylation sites (N-methyl/N-ethyl adjacent to an activating group) is 1. The third-order valence-electron chi connectivity index (χ3n) is 5.16. The Bertz CT molecular complexity index is 818. The highest BCUT2D eigenvalue weighted by atomic mass is 127. The van der Waals surface area contributed by atoms with E-state index in [1.165, 1.54) is 10.9 Å². The zero-order chi connectivity index (χ0) is 19.4. The molecule has 0 radical (unpaired) electrons. The quantitative estimate of drug-likeness (QED) is 0.391. The lowest BCUT2D eigenvalue weighted by atomic mass is 10.2. The SMILES string of the molecule is CCC(C)NC(=NCC(=O)N(C)C)N1CCC(n2ncc3ccccc32)C1.I. The van der Waals surface area contributed by atoms with E-state index in [1.807, 2.05) is 12.3 Å². The normalized spacial score (nSPS) is 18.1. The van der Waals surface area contributed by atoms with Crippen LogP contribution in [0, 0.1) is 0 Å². The van der Waals surface area contributed by atoms with Gasteiger partial charge in [-0.15, -0.1) is 24.0 Å². The number of amides is 1. The van der Waals surface area contributed by atoms with E-state index in [0.717, 1.165) is 31.9 Å². The lowest BCUT2D eigenvalue weighted by Crippen LogP contribution is -2.44. The summed E-state index contributed by atoms with van der Waals surface area (Å²) in [5.74, 6) is 0.825. The number of carbonyl (C=O) groups is 1. The third-order valence-corrected chi connectivity index (χ3v) is 5.16. The average Bonchev–Trinajstić information content (AvgIpc) is 3.31. The monoisotopic (exact) mass is 498 g/mol. The number of para-hydroxylation sites is 1. The van der Waals surface area contributed by atoms with Gasteiger partial charge in [0, 0.05) is 38.6 Å². The molecule has 1 saturated heterocycles. The van der Waals surface area contributed by atoms with Crippen LogP contribution in [0.1, 0.15) is 32.7 Å². The molecule has 7 nitrogen and oxygen atoms in total. The van der Waals surface area contributed by atoms with Gasteiger partial charge in [0.2, 0.25) is 5.91 Å². The number of benzene rings is 1. The minimum absolute atomic E-state index is 0. The summed E-state index contributed by atoms with van der Waals surface area (Å²) >= 11 is 0. The standard InChI is InChI=1S/C20H30N6O.HI/c1-5-15(2)23-20(21-13-19(27)24(3)4)25-11-10-17(14-25)26-18-9-7-6-8-16(18)12-22-26;/h6-9,12,15,17H,5,10-11,13-14H2,1-4H3,(H,21,23);1H. The van der Waals surface area contributed by atoms with Crippen LogP contribution in [-0.4, -0.2) is 71.2 Å². The lowest BCUT2D eigenvalue weighted by molar-refractivity contribution is -0.127. The maximum absolute atomic E-state index is 12.0. The van der Waals surface area contributed by atoms with E-state index in [9.17, 15) is 4.79 Å². The molecular formula is C20H31IN6O. The molecule has 1 N–H and O–H groups in total. The molecule has 3 rings (SSSR count). The number of nitrogens with zero attached hydrogens (tertiary/aromatic N) is 5.